The fourth-order valence-corrected chi connectivity index (χ4v) is 1.25. The van der Waals surface area contributed by atoms with Crippen molar-refractivity contribution in [1.82, 2.24) is 0 Å². The third-order valence-corrected chi connectivity index (χ3v) is 2.45. The summed E-state index contributed by atoms with van der Waals surface area (Å²) in [7, 11) is 0. The van der Waals surface area contributed by atoms with Crippen molar-refractivity contribution in [3.05, 3.63) is 28.5 Å². The van der Waals surface area contributed by atoms with Gasteiger partial charge in [0.05, 0.1) is 10.6 Å². The highest BCUT2D eigenvalue weighted by atomic mass is 79.9. The van der Waals surface area contributed by atoms with Crippen molar-refractivity contribution < 1.29 is 14.2 Å². The SMILES string of the molecule is CCC(O)COc1cc(F)ccc1Br. The van der Waals surface area contributed by atoms with Gasteiger partial charge in [-0.2, -0.15) is 0 Å². The number of aliphatic hydroxyl groups is 1. The molecule has 0 saturated carbocycles. The van der Waals surface area contributed by atoms with E-state index in [0.29, 0.717) is 16.6 Å². The van der Waals surface area contributed by atoms with Crippen LogP contribution in [0.25, 0.3) is 0 Å². The Morgan fingerprint density at radius 2 is 2.29 bits per heavy atom. The molecule has 0 bridgehead atoms. The molecule has 0 aliphatic carbocycles. The zero-order valence-electron chi connectivity index (χ0n) is 7.84. The predicted molar refractivity (Wildman–Crippen MR) is 55.9 cm³/mol. The monoisotopic (exact) mass is 262 g/mol. The molecule has 2 nitrogen and oxygen atoms in total. The molecule has 1 rings (SSSR count). The smallest absolute Gasteiger partial charge is 0.136 e. The molecule has 1 aromatic carbocycles. The first kappa shape index (κ1) is 11.5. The molecule has 14 heavy (non-hydrogen) atoms. The Kier molecular flexibility index (Phi) is 4.35. The van der Waals surface area contributed by atoms with Crippen molar-refractivity contribution in [2.75, 3.05) is 6.61 Å². The van der Waals surface area contributed by atoms with Gasteiger partial charge in [-0.25, -0.2) is 4.39 Å². The van der Waals surface area contributed by atoms with E-state index in [1.54, 1.807) is 6.07 Å². The van der Waals surface area contributed by atoms with E-state index in [9.17, 15) is 9.50 Å². The van der Waals surface area contributed by atoms with E-state index < -0.39 is 6.10 Å². The maximum atomic E-state index is 12.8. The Morgan fingerprint density at radius 3 is 2.93 bits per heavy atom. The van der Waals surface area contributed by atoms with Crippen molar-refractivity contribution in [3.63, 3.8) is 0 Å². The van der Waals surface area contributed by atoms with E-state index in [2.05, 4.69) is 15.9 Å². The number of hydrogen-bond acceptors (Lipinski definition) is 2. The number of aliphatic hydroxyl groups excluding tert-OH is 1. The zero-order valence-corrected chi connectivity index (χ0v) is 9.42. The third kappa shape index (κ3) is 3.27. The molecule has 0 spiro atoms. The number of benzene rings is 1. The summed E-state index contributed by atoms with van der Waals surface area (Å²) in [6, 6.07) is 4.20. The Hall–Kier alpha value is -0.610. The second kappa shape index (κ2) is 5.32. The second-order valence-corrected chi connectivity index (χ2v) is 3.80. The normalized spacial score (nSPS) is 12.6. The summed E-state index contributed by atoms with van der Waals surface area (Å²) in [6.45, 7) is 2.03. The number of hydrogen-bond donors (Lipinski definition) is 1. The van der Waals surface area contributed by atoms with Gasteiger partial charge < -0.3 is 9.84 Å². The van der Waals surface area contributed by atoms with E-state index in [1.807, 2.05) is 6.92 Å². The van der Waals surface area contributed by atoms with Crippen LogP contribution < -0.4 is 4.74 Å². The van der Waals surface area contributed by atoms with Gasteiger partial charge >= 0.3 is 0 Å². The van der Waals surface area contributed by atoms with Gasteiger partial charge in [0.25, 0.3) is 0 Å². The second-order valence-electron chi connectivity index (χ2n) is 2.95. The summed E-state index contributed by atoms with van der Waals surface area (Å²) in [5.74, 6) is 0.0617. The minimum Gasteiger partial charge on any atom is -0.490 e. The summed E-state index contributed by atoms with van der Waals surface area (Å²) in [5, 5.41) is 9.25. The average Bonchev–Trinajstić information content (AvgIpc) is 2.19. The molecule has 0 aliphatic rings. The van der Waals surface area contributed by atoms with Gasteiger partial charge in [-0.05, 0) is 34.5 Å². The van der Waals surface area contributed by atoms with Crippen LogP contribution in [0.2, 0.25) is 0 Å². The molecule has 1 N–H and O–H groups in total. The third-order valence-electron chi connectivity index (χ3n) is 1.80. The predicted octanol–water partition coefficient (Wildman–Crippen LogP) is 2.74. The van der Waals surface area contributed by atoms with Crippen LogP contribution in [0.4, 0.5) is 4.39 Å². The molecular weight excluding hydrogens is 251 g/mol. The Bertz CT molecular complexity index is 304. The topological polar surface area (TPSA) is 29.5 Å². The first-order chi connectivity index (χ1) is 6.63. The van der Waals surface area contributed by atoms with Crippen molar-refractivity contribution in [2.45, 2.75) is 19.4 Å². The van der Waals surface area contributed by atoms with Crippen LogP contribution in [0.1, 0.15) is 13.3 Å². The van der Waals surface area contributed by atoms with Gasteiger partial charge in [-0.15, -0.1) is 0 Å². The molecule has 0 saturated heterocycles. The van der Waals surface area contributed by atoms with Crippen molar-refractivity contribution in [1.29, 1.82) is 0 Å². The van der Waals surface area contributed by atoms with E-state index in [1.165, 1.54) is 12.1 Å². The summed E-state index contributed by atoms with van der Waals surface area (Å²) in [4.78, 5) is 0. The van der Waals surface area contributed by atoms with Crippen molar-refractivity contribution >= 4 is 15.9 Å². The highest BCUT2D eigenvalue weighted by Crippen LogP contribution is 2.25. The van der Waals surface area contributed by atoms with Gasteiger partial charge in [0, 0.05) is 6.07 Å². The largest absolute Gasteiger partial charge is 0.490 e. The molecule has 1 aromatic rings. The molecular formula is C10H12BrFO2. The maximum Gasteiger partial charge on any atom is 0.136 e. The fourth-order valence-electron chi connectivity index (χ4n) is 0.892. The van der Waals surface area contributed by atoms with E-state index >= 15 is 0 Å². The fraction of sp³-hybridized carbons (Fsp3) is 0.400. The van der Waals surface area contributed by atoms with Crippen LogP contribution in [0.3, 0.4) is 0 Å². The van der Waals surface area contributed by atoms with Crippen LogP contribution in [-0.2, 0) is 0 Å². The molecule has 1 unspecified atom stereocenters. The molecule has 1 atom stereocenters. The number of ether oxygens (including phenoxy) is 1. The lowest BCUT2D eigenvalue weighted by atomic mass is 10.3. The van der Waals surface area contributed by atoms with Gasteiger partial charge in [0.15, 0.2) is 0 Å². The van der Waals surface area contributed by atoms with Gasteiger partial charge in [0.2, 0.25) is 0 Å². The van der Waals surface area contributed by atoms with Crippen molar-refractivity contribution in [3.8, 4) is 5.75 Å². The standard InChI is InChI=1S/C10H12BrFO2/c1-2-8(13)6-14-10-5-7(12)3-4-9(10)11/h3-5,8,13H,2,6H2,1H3. The highest BCUT2D eigenvalue weighted by Gasteiger charge is 2.06. The maximum absolute atomic E-state index is 12.8. The summed E-state index contributed by atoms with van der Waals surface area (Å²) in [6.07, 6.45) is 0.109. The number of halogens is 2. The molecule has 0 fully saturated rings. The summed E-state index contributed by atoms with van der Waals surface area (Å²) < 4.78 is 18.7. The van der Waals surface area contributed by atoms with Crippen LogP contribution >= 0.6 is 15.9 Å². The molecule has 0 aliphatic heterocycles. The van der Waals surface area contributed by atoms with Crippen LogP contribution in [0.5, 0.6) is 5.75 Å². The Morgan fingerprint density at radius 1 is 1.57 bits per heavy atom. The molecule has 0 aromatic heterocycles. The van der Waals surface area contributed by atoms with Gasteiger partial charge in [-0.1, -0.05) is 6.92 Å². The average molecular weight is 263 g/mol. The zero-order chi connectivity index (χ0) is 10.6. The van der Waals surface area contributed by atoms with Gasteiger partial charge in [0.1, 0.15) is 18.2 Å². The minimum absolute atomic E-state index is 0.179. The van der Waals surface area contributed by atoms with Crippen LogP contribution in [-0.4, -0.2) is 17.8 Å². The van der Waals surface area contributed by atoms with Crippen LogP contribution in [0.15, 0.2) is 22.7 Å². The van der Waals surface area contributed by atoms with E-state index in [4.69, 9.17) is 4.74 Å². The molecule has 78 valence electrons. The first-order valence-electron chi connectivity index (χ1n) is 4.39. The summed E-state index contributed by atoms with van der Waals surface area (Å²) in [5.41, 5.74) is 0. The van der Waals surface area contributed by atoms with E-state index in [0.717, 1.165) is 0 Å². The number of rotatable bonds is 4. The lowest BCUT2D eigenvalue weighted by molar-refractivity contribution is 0.104. The van der Waals surface area contributed by atoms with Crippen LogP contribution in [0, 0.1) is 5.82 Å². The van der Waals surface area contributed by atoms with E-state index in [-0.39, 0.29) is 12.4 Å². The first-order valence-corrected chi connectivity index (χ1v) is 5.18. The minimum atomic E-state index is -0.509. The molecule has 0 amide bonds. The summed E-state index contributed by atoms with van der Waals surface area (Å²) >= 11 is 3.23. The van der Waals surface area contributed by atoms with Crippen molar-refractivity contribution in [2.24, 2.45) is 0 Å². The van der Waals surface area contributed by atoms with Gasteiger partial charge in [-0.3, -0.25) is 0 Å². The molecule has 0 radical (unpaired) electrons. The lowest BCUT2D eigenvalue weighted by Gasteiger charge is -2.11. The molecule has 0 heterocycles. The Labute approximate surface area is 90.8 Å². The lowest BCUT2D eigenvalue weighted by Crippen LogP contribution is -2.16. The molecule has 4 heteroatoms. The quantitative estimate of drug-likeness (QED) is 0.905. The highest BCUT2D eigenvalue weighted by molar-refractivity contribution is 9.10. The Balaban J connectivity index is 2.62.